The zero-order valence-corrected chi connectivity index (χ0v) is 49.3. The van der Waals surface area contributed by atoms with Gasteiger partial charge in [-0.15, -0.1) is 0 Å². The molecular weight excluding hydrogens is 1170 g/mol. The molecule has 4 heterocycles. The van der Waals surface area contributed by atoms with E-state index < -0.39 is 232 Å². The predicted molar refractivity (Wildman–Crippen MR) is 266 cm³/mol. The molecule has 0 bridgehead atoms. The number of ether oxygens (including phenoxy) is 20. The molecule has 4 rings (SSSR count). The number of esters is 14. The number of carbonyl (C=O) groups is 14. The molecule has 4 saturated heterocycles. The van der Waals surface area contributed by atoms with Crippen molar-refractivity contribution in [3.05, 3.63) is 0 Å². The van der Waals surface area contributed by atoms with Gasteiger partial charge < -0.3 is 94.7 Å². The van der Waals surface area contributed by atoms with Gasteiger partial charge in [0, 0.05) is 96.9 Å². The lowest BCUT2D eigenvalue weighted by atomic mass is 9.84. The quantitative estimate of drug-likeness (QED) is 0.0813. The van der Waals surface area contributed by atoms with Crippen LogP contribution in [0.25, 0.3) is 0 Å². The van der Waals surface area contributed by atoms with E-state index in [1.165, 1.54) is 0 Å². The maximum Gasteiger partial charge on any atom is 0.303 e. The average Bonchev–Trinajstić information content (AvgIpc) is 0.827. The first kappa shape index (κ1) is 70.8. The largest absolute Gasteiger partial charge is 0.463 e. The maximum absolute atomic E-state index is 13.4. The number of hydrogen-bond donors (Lipinski definition) is 0. The Morgan fingerprint density at radius 3 is 0.628 bits per heavy atom. The molecule has 0 aromatic carbocycles. The molecule has 4 fully saturated rings. The van der Waals surface area contributed by atoms with Gasteiger partial charge in [-0.2, -0.15) is 0 Å². The third kappa shape index (κ3) is 20.8. The van der Waals surface area contributed by atoms with Crippen molar-refractivity contribution in [1.29, 1.82) is 0 Å². The summed E-state index contributed by atoms with van der Waals surface area (Å²) in [5.74, 6) is -14.6. The van der Waals surface area contributed by atoms with Crippen LogP contribution in [0.1, 0.15) is 96.9 Å². The van der Waals surface area contributed by atoms with Crippen molar-refractivity contribution in [2.75, 3.05) is 26.4 Å². The molecule has 20 atom stereocenters. The molecule has 0 aliphatic carbocycles. The van der Waals surface area contributed by atoms with Crippen molar-refractivity contribution in [1.82, 2.24) is 0 Å². The van der Waals surface area contributed by atoms with E-state index in [1.54, 1.807) is 0 Å². The molecule has 4 aliphatic rings. The average molecular weight is 1240 g/mol. The van der Waals surface area contributed by atoms with E-state index in [0.717, 1.165) is 96.9 Å². The highest BCUT2D eigenvalue weighted by Gasteiger charge is 2.64. The summed E-state index contributed by atoms with van der Waals surface area (Å²) < 4.78 is 116. The van der Waals surface area contributed by atoms with Gasteiger partial charge in [0.15, 0.2) is 73.6 Å². The predicted octanol–water partition coefficient (Wildman–Crippen LogP) is -1.69. The first-order chi connectivity index (χ1) is 40.2. The number of carbonyl (C=O) groups excluding carboxylic acids is 14. The first-order valence-corrected chi connectivity index (χ1v) is 26.4. The highest BCUT2D eigenvalue weighted by molar-refractivity contribution is 5.71. The Balaban J connectivity index is 2.04. The maximum atomic E-state index is 13.4. The van der Waals surface area contributed by atoms with Gasteiger partial charge in [-0.3, -0.25) is 67.1 Å². The highest BCUT2D eigenvalue weighted by Crippen LogP contribution is 2.42. The van der Waals surface area contributed by atoms with Crippen LogP contribution in [0.15, 0.2) is 0 Å². The van der Waals surface area contributed by atoms with Gasteiger partial charge in [0.05, 0.1) is 0 Å². The van der Waals surface area contributed by atoms with Crippen LogP contribution < -0.4 is 0 Å². The second-order valence-electron chi connectivity index (χ2n) is 19.5. The molecule has 34 nitrogen and oxygen atoms in total. The lowest BCUT2D eigenvalue weighted by Crippen LogP contribution is -2.72. The van der Waals surface area contributed by atoms with Crippen LogP contribution >= 0.6 is 0 Å². The van der Waals surface area contributed by atoms with Gasteiger partial charge in [-0.05, 0) is 0 Å². The van der Waals surface area contributed by atoms with Crippen LogP contribution in [-0.4, -0.2) is 232 Å². The molecular formula is C52H70O34. The topological polar surface area (TPSA) is 424 Å². The van der Waals surface area contributed by atoms with Gasteiger partial charge in [-0.1, -0.05) is 0 Å². The minimum Gasteiger partial charge on any atom is -0.463 e. The van der Waals surface area contributed by atoms with Crippen LogP contribution in [0.5, 0.6) is 0 Å². The van der Waals surface area contributed by atoms with E-state index in [4.69, 9.17) is 94.7 Å². The summed E-state index contributed by atoms with van der Waals surface area (Å²) in [6.07, 6.45) is -38.9. The zero-order chi connectivity index (χ0) is 64.6. The lowest BCUT2D eigenvalue weighted by Gasteiger charge is -2.53. The highest BCUT2D eigenvalue weighted by atomic mass is 16.8. The molecule has 4 aliphatic heterocycles. The third-order valence-electron chi connectivity index (χ3n) is 12.3. The Labute approximate surface area is 490 Å². The Morgan fingerprint density at radius 2 is 0.407 bits per heavy atom. The molecule has 0 N–H and O–H groups in total. The molecule has 0 saturated carbocycles. The Kier molecular flexibility index (Phi) is 26.5. The first-order valence-electron chi connectivity index (χ1n) is 26.4. The summed E-state index contributed by atoms with van der Waals surface area (Å²) in [4.78, 5) is 179. The van der Waals surface area contributed by atoms with E-state index >= 15 is 0 Å². The van der Waals surface area contributed by atoms with Gasteiger partial charge in [0.2, 0.25) is 0 Å². The smallest absolute Gasteiger partial charge is 0.303 e. The molecule has 0 amide bonds. The minimum atomic E-state index is -2.12. The zero-order valence-electron chi connectivity index (χ0n) is 49.3. The third-order valence-corrected chi connectivity index (χ3v) is 12.3. The molecule has 34 heteroatoms. The summed E-state index contributed by atoms with van der Waals surface area (Å²) >= 11 is 0. The molecule has 0 unspecified atom stereocenters. The fraction of sp³-hybridized carbons (Fsp3) is 0.731. The number of rotatable bonds is 23. The van der Waals surface area contributed by atoms with E-state index in [0.29, 0.717) is 0 Å². The molecule has 86 heavy (non-hydrogen) atoms. The molecule has 0 aromatic heterocycles. The normalized spacial score (nSPS) is 32.1. The standard InChI is InChI=1S/C52H70O34/c1-19(53)67-15-33-39(85-51-49(79-31(13)65)43(75-27(9)61)37(71-23(5)57)35(83-51)17-69-21(3)55)41(73-25(7)59)45(77-29(11)63)47(81-33)48-46(78-30(12)64)42(74-26(8)60)40(34(82-48)16-68-20(2)54)86-52-50(80-32(14)66)44(76-28(10)62)38(72-24(6)58)36(84-52)18-70-22(4)56/h33-52H,15-18H2,1-14H3/t33-,34-,35-,36-,37-,38-,39-,40-,41+,42+,43+,44+,45-,46-,47+,48+,49-,50-,51-,52-/m1/s1. The minimum absolute atomic E-state index is 0.756. The van der Waals surface area contributed by atoms with Gasteiger partial charge >= 0.3 is 83.6 Å². The van der Waals surface area contributed by atoms with E-state index in [2.05, 4.69) is 0 Å². The SMILES string of the molecule is CC(=O)OC[C@H]1O[C@H]([C@H]2O[C@H](COC(C)=O)[C@@H](O[C@H]3O[C@H](COC(C)=O)[C@@H](OC(C)=O)[C@H](OC(C)=O)[C@H]3OC(C)=O)[C@H](OC(C)=O)[C@H]2OC(C)=O)[C@H](OC(C)=O)[C@@H](OC(C)=O)[C@@H]1O[C@H]1O[C@H](COC(C)=O)[C@@H](OC(C)=O)[C@H](OC(C)=O)[C@H]1OC(C)=O. The summed E-state index contributed by atoms with van der Waals surface area (Å²) in [6.45, 7) is 9.83. The van der Waals surface area contributed by atoms with Crippen LogP contribution in [0.3, 0.4) is 0 Å². The van der Waals surface area contributed by atoms with Crippen molar-refractivity contribution >= 4 is 83.6 Å². The van der Waals surface area contributed by atoms with Crippen molar-refractivity contribution < 1.29 is 162 Å². The van der Waals surface area contributed by atoms with E-state index in [9.17, 15) is 67.1 Å². The monoisotopic (exact) mass is 1240 g/mol. The molecule has 0 spiro atoms. The van der Waals surface area contributed by atoms with Crippen molar-refractivity contribution in [2.45, 2.75) is 219 Å². The summed E-state index contributed by atoms with van der Waals surface area (Å²) in [5.41, 5.74) is 0. The van der Waals surface area contributed by atoms with Crippen LogP contribution in [0.4, 0.5) is 0 Å². The Bertz CT molecular complexity index is 2340. The van der Waals surface area contributed by atoms with Gasteiger partial charge in [0.25, 0.3) is 0 Å². The van der Waals surface area contributed by atoms with E-state index in [1.807, 2.05) is 0 Å². The number of hydrogen-bond acceptors (Lipinski definition) is 34. The van der Waals surface area contributed by atoms with Crippen molar-refractivity contribution in [3.63, 3.8) is 0 Å². The lowest BCUT2D eigenvalue weighted by molar-refractivity contribution is -0.365. The Morgan fingerprint density at radius 1 is 0.221 bits per heavy atom. The van der Waals surface area contributed by atoms with Gasteiger partial charge in [-0.25, -0.2) is 0 Å². The van der Waals surface area contributed by atoms with Crippen molar-refractivity contribution in [2.24, 2.45) is 0 Å². The van der Waals surface area contributed by atoms with Crippen LogP contribution in [0, 0.1) is 0 Å². The second kappa shape index (κ2) is 32.2. The fourth-order valence-corrected chi connectivity index (χ4v) is 9.62. The Hall–Kier alpha value is -7.66. The molecule has 0 aromatic rings. The summed E-state index contributed by atoms with van der Waals surface area (Å²) in [6, 6.07) is 0. The van der Waals surface area contributed by atoms with E-state index in [-0.39, 0.29) is 0 Å². The second-order valence-corrected chi connectivity index (χ2v) is 19.5. The van der Waals surface area contributed by atoms with Crippen molar-refractivity contribution in [3.8, 4) is 0 Å². The van der Waals surface area contributed by atoms with Crippen LogP contribution in [-0.2, 0) is 162 Å². The fourth-order valence-electron chi connectivity index (χ4n) is 9.62. The summed E-state index contributed by atoms with van der Waals surface area (Å²) in [5, 5.41) is 0. The van der Waals surface area contributed by atoms with Gasteiger partial charge in [0.1, 0.15) is 75.3 Å². The molecule has 482 valence electrons. The van der Waals surface area contributed by atoms with Crippen LogP contribution in [0.2, 0.25) is 0 Å². The molecule has 0 radical (unpaired) electrons. The summed E-state index contributed by atoms with van der Waals surface area (Å²) in [7, 11) is 0.